The van der Waals surface area contributed by atoms with E-state index in [2.05, 4.69) is 5.32 Å². The molecular formula is C14H12ClF2N. The molecule has 1 N–H and O–H groups in total. The number of aryl methyl sites for hydroxylation is 1. The second kappa shape index (κ2) is 5.36. The molecule has 2 aromatic rings. The predicted molar refractivity (Wildman–Crippen MR) is 69.9 cm³/mol. The minimum absolute atomic E-state index is 0.102. The summed E-state index contributed by atoms with van der Waals surface area (Å²) in [4.78, 5) is 0. The van der Waals surface area contributed by atoms with Gasteiger partial charge in [0.05, 0.1) is 0 Å². The zero-order valence-corrected chi connectivity index (χ0v) is 10.6. The molecule has 0 atom stereocenters. The second-order valence-corrected chi connectivity index (χ2v) is 4.47. The maximum Gasteiger partial charge on any atom is 0.152 e. The standard InChI is InChI=1S/C14H12ClF2N/c1-9-5-6-12(16)14(13(9)17)18-8-10-3-2-4-11(15)7-10/h2-7,18H,8H2,1H3. The van der Waals surface area contributed by atoms with Gasteiger partial charge in [-0.1, -0.05) is 29.8 Å². The topological polar surface area (TPSA) is 12.0 Å². The summed E-state index contributed by atoms with van der Waals surface area (Å²) < 4.78 is 27.2. The molecule has 4 heteroatoms. The van der Waals surface area contributed by atoms with Gasteiger partial charge in [-0.15, -0.1) is 0 Å². The molecule has 0 aromatic heterocycles. The van der Waals surface area contributed by atoms with Crippen LogP contribution in [0.15, 0.2) is 36.4 Å². The van der Waals surface area contributed by atoms with E-state index >= 15 is 0 Å². The van der Waals surface area contributed by atoms with Crippen molar-refractivity contribution in [3.05, 3.63) is 64.2 Å². The first-order chi connectivity index (χ1) is 8.58. The maximum atomic E-state index is 13.7. The molecule has 0 heterocycles. The summed E-state index contributed by atoms with van der Waals surface area (Å²) in [6, 6.07) is 9.79. The first-order valence-electron chi connectivity index (χ1n) is 5.51. The van der Waals surface area contributed by atoms with Crippen LogP contribution in [0, 0.1) is 18.6 Å². The van der Waals surface area contributed by atoms with Gasteiger partial charge in [-0.3, -0.25) is 0 Å². The number of halogens is 3. The molecule has 0 spiro atoms. The van der Waals surface area contributed by atoms with Crippen LogP contribution in [0.5, 0.6) is 0 Å². The molecule has 0 radical (unpaired) electrons. The van der Waals surface area contributed by atoms with Gasteiger partial charge in [0.15, 0.2) is 5.82 Å². The summed E-state index contributed by atoms with van der Waals surface area (Å²) in [7, 11) is 0. The summed E-state index contributed by atoms with van der Waals surface area (Å²) in [6.45, 7) is 1.91. The van der Waals surface area contributed by atoms with E-state index in [9.17, 15) is 8.78 Å². The average molecular weight is 268 g/mol. The van der Waals surface area contributed by atoms with Gasteiger partial charge >= 0.3 is 0 Å². The summed E-state index contributed by atoms with van der Waals surface area (Å²) in [5.41, 5.74) is 1.17. The molecule has 0 unspecified atom stereocenters. The minimum Gasteiger partial charge on any atom is -0.376 e. The van der Waals surface area contributed by atoms with E-state index < -0.39 is 11.6 Å². The molecule has 0 aliphatic heterocycles. The molecular weight excluding hydrogens is 256 g/mol. The molecule has 0 amide bonds. The van der Waals surface area contributed by atoms with Crippen LogP contribution < -0.4 is 5.32 Å². The molecule has 0 aliphatic rings. The zero-order chi connectivity index (χ0) is 13.1. The molecule has 18 heavy (non-hydrogen) atoms. The fourth-order valence-corrected chi connectivity index (χ4v) is 1.87. The number of benzene rings is 2. The Hall–Kier alpha value is -1.61. The average Bonchev–Trinajstić information content (AvgIpc) is 2.34. The van der Waals surface area contributed by atoms with Crippen LogP contribution in [0.2, 0.25) is 5.02 Å². The third kappa shape index (κ3) is 2.79. The monoisotopic (exact) mass is 267 g/mol. The van der Waals surface area contributed by atoms with Crippen molar-refractivity contribution in [2.75, 3.05) is 5.32 Å². The Morgan fingerprint density at radius 2 is 1.94 bits per heavy atom. The molecule has 0 saturated carbocycles. The van der Waals surface area contributed by atoms with Crippen molar-refractivity contribution in [3.63, 3.8) is 0 Å². The lowest BCUT2D eigenvalue weighted by Gasteiger charge is -2.10. The lowest BCUT2D eigenvalue weighted by molar-refractivity contribution is 0.582. The van der Waals surface area contributed by atoms with Gasteiger partial charge < -0.3 is 5.32 Å². The normalized spacial score (nSPS) is 10.4. The molecule has 0 aliphatic carbocycles. The summed E-state index contributed by atoms with van der Waals surface area (Å²) in [5, 5.41) is 3.35. The van der Waals surface area contributed by atoms with E-state index in [-0.39, 0.29) is 5.69 Å². The summed E-state index contributed by atoms with van der Waals surface area (Å²) in [6.07, 6.45) is 0. The van der Waals surface area contributed by atoms with Crippen LogP contribution in [0.25, 0.3) is 0 Å². The Morgan fingerprint density at radius 1 is 1.17 bits per heavy atom. The quantitative estimate of drug-likeness (QED) is 0.861. The van der Waals surface area contributed by atoms with Crippen molar-refractivity contribution in [2.45, 2.75) is 13.5 Å². The highest BCUT2D eigenvalue weighted by atomic mass is 35.5. The predicted octanol–water partition coefficient (Wildman–Crippen LogP) is 4.54. The molecule has 2 rings (SSSR count). The van der Waals surface area contributed by atoms with E-state index in [4.69, 9.17) is 11.6 Å². The number of hydrogen-bond acceptors (Lipinski definition) is 1. The van der Waals surface area contributed by atoms with Crippen LogP contribution in [0.1, 0.15) is 11.1 Å². The van der Waals surface area contributed by atoms with Crippen LogP contribution in [-0.2, 0) is 6.54 Å². The van der Waals surface area contributed by atoms with E-state index in [0.29, 0.717) is 17.1 Å². The third-order valence-corrected chi connectivity index (χ3v) is 2.88. The van der Waals surface area contributed by atoms with Gasteiger partial charge in [0.1, 0.15) is 11.5 Å². The zero-order valence-electron chi connectivity index (χ0n) is 9.81. The highest BCUT2D eigenvalue weighted by Crippen LogP contribution is 2.22. The van der Waals surface area contributed by atoms with Gasteiger partial charge in [0.25, 0.3) is 0 Å². The van der Waals surface area contributed by atoms with E-state index in [1.54, 1.807) is 25.1 Å². The van der Waals surface area contributed by atoms with Gasteiger partial charge in [0.2, 0.25) is 0 Å². The van der Waals surface area contributed by atoms with E-state index in [1.165, 1.54) is 12.1 Å². The minimum atomic E-state index is -0.597. The van der Waals surface area contributed by atoms with Crippen LogP contribution in [-0.4, -0.2) is 0 Å². The smallest absolute Gasteiger partial charge is 0.152 e. The first kappa shape index (κ1) is 12.8. The van der Waals surface area contributed by atoms with Crippen molar-refractivity contribution >= 4 is 17.3 Å². The van der Waals surface area contributed by atoms with Crippen molar-refractivity contribution < 1.29 is 8.78 Å². The maximum absolute atomic E-state index is 13.7. The van der Waals surface area contributed by atoms with Gasteiger partial charge in [-0.05, 0) is 36.2 Å². The molecule has 2 aromatic carbocycles. The Morgan fingerprint density at radius 3 is 2.67 bits per heavy atom. The van der Waals surface area contributed by atoms with E-state index in [0.717, 1.165) is 5.56 Å². The van der Waals surface area contributed by atoms with Crippen LogP contribution in [0.4, 0.5) is 14.5 Å². The number of nitrogens with one attached hydrogen (secondary N) is 1. The van der Waals surface area contributed by atoms with Gasteiger partial charge in [-0.2, -0.15) is 0 Å². The largest absolute Gasteiger partial charge is 0.376 e. The summed E-state index contributed by atoms with van der Waals surface area (Å²) >= 11 is 5.84. The lowest BCUT2D eigenvalue weighted by Crippen LogP contribution is -2.04. The molecule has 0 bridgehead atoms. The van der Waals surface area contributed by atoms with Crippen LogP contribution in [0.3, 0.4) is 0 Å². The first-order valence-corrected chi connectivity index (χ1v) is 5.88. The fraction of sp³-hybridized carbons (Fsp3) is 0.143. The number of anilines is 1. The van der Waals surface area contributed by atoms with Crippen molar-refractivity contribution in [1.82, 2.24) is 0 Å². The van der Waals surface area contributed by atoms with Crippen LogP contribution >= 0.6 is 11.6 Å². The molecule has 0 fully saturated rings. The molecule has 0 saturated heterocycles. The Labute approximate surface area is 109 Å². The third-order valence-electron chi connectivity index (χ3n) is 2.64. The SMILES string of the molecule is Cc1ccc(F)c(NCc2cccc(Cl)c2)c1F. The summed E-state index contributed by atoms with van der Waals surface area (Å²) in [5.74, 6) is -1.16. The Kier molecular flexibility index (Phi) is 3.82. The highest BCUT2D eigenvalue weighted by molar-refractivity contribution is 6.30. The Bertz CT molecular complexity index is 570. The van der Waals surface area contributed by atoms with Gasteiger partial charge in [-0.25, -0.2) is 8.78 Å². The van der Waals surface area contributed by atoms with Crippen molar-refractivity contribution in [1.29, 1.82) is 0 Å². The number of hydrogen-bond donors (Lipinski definition) is 1. The highest BCUT2D eigenvalue weighted by Gasteiger charge is 2.10. The molecule has 94 valence electrons. The van der Waals surface area contributed by atoms with Crippen molar-refractivity contribution in [2.24, 2.45) is 0 Å². The fourth-order valence-electron chi connectivity index (χ4n) is 1.66. The second-order valence-electron chi connectivity index (χ2n) is 4.04. The Balaban J connectivity index is 2.18. The lowest BCUT2D eigenvalue weighted by atomic mass is 10.1. The van der Waals surface area contributed by atoms with E-state index in [1.807, 2.05) is 6.07 Å². The number of rotatable bonds is 3. The van der Waals surface area contributed by atoms with Crippen molar-refractivity contribution in [3.8, 4) is 0 Å². The van der Waals surface area contributed by atoms with Gasteiger partial charge in [0, 0.05) is 11.6 Å². The molecule has 1 nitrogen and oxygen atoms in total.